The summed E-state index contributed by atoms with van der Waals surface area (Å²) in [6.45, 7) is 26.4. The van der Waals surface area contributed by atoms with Crippen LogP contribution in [0.1, 0.15) is 111 Å². The second-order valence-corrected chi connectivity index (χ2v) is 24.3. The number of hydrogen-bond donors (Lipinski definition) is 0. The first-order chi connectivity index (χ1) is 37.4. The summed E-state index contributed by atoms with van der Waals surface area (Å²) in [5, 5.41) is 2.26. The number of para-hydroxylation sites is 4. The van der Waals surface area contributed by atoms with Crippen molar-refractivity contribution in [2.24, 2.45) is 0 Å². The average Bonchev–Trinajstić information content (AvgIpc) is 4.22. The summed E-state index contributed by atoms with van der Waals surface area (Å²) in [6.07, 6.45) is 1.98. The minimum atomic E-state index is -0.628. The van der Waals surface area contributed by atoms with Crippen LogP contribution in [0.2, 0.25) is 0 Å². The fourth-order valence-corrected chi connectivity index (χ4v) is 10.6. The lowest BCUT2D eigenvalue weighted by atomic mass is 9.79. The number of rotatable bonds is 8. The van der Waals surface area contributed by atoms with Crippen LogP contribution in [-0.2, 0) is 21.7 Å². The molecule has 0 fully saturated rings. The Bertz CT molecular complexity index is 4000. The van der Waals surface area contributed by atoms with Crippen molar-refractivity contribution in [1.29, 1.82) is 0 Å². The summed E-state index contributed by atoms with van der Waals surface area (Å²) in [6, 6.07) is 57.2. The van der Waals surface area contributed by atoms with Crippen molar-refractivity contribution in [2.75, 3.05) is 16.5 Å². The molecule has 75 heavy (non-hydrogen) atoms. The summed E-state index contributed by atoms with van der Waals surface area (Å²) in [7, 11) is 0. The Hall–Kier alpha value is -7.89. The molecule has 0 saturated heterocycles. The van der Waals surface area contributed by atoms with Crippen molar-refractivity contribution in [1.82, 2.24) is 9.55 Å². The highest BCUT2D eigenvalue weighted by molar-refractivity contribution is 6.09. The molecule has 376 valence electrons. The minimum absolute atomic E-state index is 0.0214. The first-order valence-corrected chi connectivity index (χ1v) is 26.3. The number of ether oxygens (including phenoxy) is 1. The van der Waals surface area contributed by atoms with E-state index in [0.717, 1.165) is 67.1 Å². The summed E-state index contributed by atoms with van der Waals surface area (Å²) in [5.74, 6) is 2.22. The van der Waals surface area contributed by atoms with E-state index in [0.29, 0.717) is 34.9 Å². The first kappa shape index (κ1) is 44.6. The third kappa shape index (κ3) is 9.39. The van der Waals surface area contributed by atoms with Crippen LogP contribution in [0.5, 0.6) is 11.5 Å². The quantitative estimate of drug-likeness (QED) is 0.152. The van der Waals surface area contributed by atoms with Gasteiger partial charge >= 0.3 is 0 Å². The predicted octanol–water partition coefficient (Wildman–Crippen LogP) is 19.4. The molecule has 0 unspecified atom stereocenters. The first-order valence-electron chi connectivity index (χ1n) is 28.3. The Morgan fingerprint density at radius 1 is 0.467 bits per heavy atom. The van der Waals surface area contributed by atoms with E-state index in [1.807, 2.05) is 57.3 Å². The Labute approximate surface area is 450 Å². The van der Waals surface area contributed by atoms with Crippen LogP contribution < -0.4 is 14.5 Å². The average molecular weight is 987 g/mol. The number of nitrogens with zero attached hydrogens (tertiary/aromatic N) is 4. The molecule has 0 bridgehead atoms. The smallest absolute Gasteiger partial charge is 0.137 e. The van der Waals surface area contributed by atoms with E-state index in [1.54, 1.807) is 0 Å². The summed E-state index contributed by atoms with van der Waals surface area (Å²) < 4.78 is 46.8. The molecule has 5 heteroatoms. The van der Waals surface area contributed by atoms with E-state index in [1.165, 1.54) is 22.3 Å². The molecule has 0 spiro atoms. The number of benzene rings is 8. The largest absolute Gasteiger partial charge is 0.457 e. The molecule has 2 aromatic heterocycles. The highest BCUT2D eigenvalue weighted by atomic mass is 16.5. The Balaban J connectivity index is 1.03. The third-order valence-electron chi connectivity index (χ3n) is 14.8. The standard InChI is InChI=1S/C70H70N4O/c1-67(2,3)49-33-30-46(31-34-49)55-37-32-48(41-60(55)70(10,11)12)57-26-19-25-56(47-20-17-21-50(40-47)68(4,5)6)66(57)73-45-72(62-28-15-16-29-63(62)73)52-22-18-23-53(42-52)75-54-36-38-59-58-24-13-14-27-61(58)74(64(59)43-54)65-39-35-51(44-71-65)69(7,8)9/h13-44H,45H2,1-12H3/i17D,20D,21D,40D. The second kappa shape index (κ2) is 18.5. The van der Waals surface area contributed by atoms with Gasteiger partial charge in [0.05, 0.1) is 33.6 Å². The van der Waals surface area contributed by atoms with Crippen LogP contribution in [0.25, 0.3) is 61.0 Å². The van der Waals surface area contributed by atoms with Crippen LogP contribution in [-0.4, -0.2) is 16.2 Å². The molecule has 1 aliphatic heterocycles. The van der Waals surface area contributed by atoms with Gasteiger partial charge < -0.3 is 14.5 Å². The van der Waals surface area contributed by atoms with E-state index in [2.05, 4.69) is 210 Å². The van der Waals surface area contributed by atoms with E-state index in [9.17, 15) is 4.11 Å². The molecule has 0 amide bonds. The predicted molar refractivity (Wildman–Crippen MR) is 318 cm³/mol. The molecule has 0 aliphatic carbocycles. The number of pyridine rings is 1. The topological polar surface area (TPSA) is 33.5 Å². The molecule has 1 aliphatic rings. The van der Waals surface area contributed by atoms with E-state index in [-0.39, 0.29) is 40.4 Å². The molecule has 11 rings (SSSR count). The fourth-order valence-electron chi connectivity index (χ4n) is 10.6. The van der Waals surface area contributed by atoms with Gasteiger partial charge in [-0.2, -0.15) is 0 Å². The van der Waals surface area contributed by atoms with E-state index >= 15 is 0 Å². The molecule has 0 N–H and O–H groups in total. The zero-order valence-electron chi connectivity index (χ0n) is 49.6. The summed E-state index contributed by atoms with van der Waals surface area (Å²) in [4.78, 5) is 9.58. The van der Waals surface area contributed by atoms with Gasteiger partial charge in [-0.1, -0.05) is 204 Å². The third-order valence-corrected chi connectivity index (χ3v) is 14.8. The van der Waals surface area contributed by atoms with Crippen LogP contribution in [0, 0.1) is 0 Å². The normalized spacial score (nSPS) is 14.0. The molecule has 0 radical (unpaired) electrons. The Kier molecular flexibility index (Phi) is 11.0. The van der Waals surface area contributed by atoms with Gasteiger partial charge in [-0.15, -0.1) is 0 Å². The molecular weight excluding hydrogens is 913 g/mol. The van der Waals surface area contributed by atoms with Crippen molar-refractivity contribution in [3.63, 3.8) is 0 Å². The lowest BCUT2D eigenvalue weighted by Gasteiger charge is -2.29. The summed E-state index contributed by atoms with van der Waals surface area (Å²) >= 11 is 0. The Morgan fingerprint density at radius 3 is 1.79 bits per heavy atom. The van der Waals surface area contributed by atoms with Crippen molar-refractivity contribution >= 4 is 44.6 Å². The maximum Gasteiger partial charge on any atom is 0.137 e. The van der Waals surface area contributed by atoms with Crippen LogP contribution >= 0.6 is 0 Å². The highest BCUT2D eigenvalue weighted by Crippen LogP contribution is 2.51. The highest BCUT2D eigenvalue weighted by Gasteiger charge is 2.32. The monoisotopic (exact) mass is 987 g/mol. The molecule has 0 saturated carbocycles. The molecular formula is C70H70N4O. The molecule has 10 aromatic rings. The van der Waals surface area contributed by atoms with Gasteiger partial charge in [-0.05, 0) is 121 Å². The van der Waals surface area contributed by atoms with Crippen molar-refractivity contribution in [3.8, 4) is 50.7 Å². The second-order valence-electron chi connectivity index (χ2n) is 24.3. The number of anilines is 4. The molecule has 8 aromatic carbocycles. The van der Waals surface area contributed by atoms with Gasteiger partial charge in [0.1, 0.15) is 24.0 Å². The maximum absolute atomic E-state index is 9.87. The van der Waals surface area contributed by atoms with Gasteiger partial charge in [-0.25, -0.2) is 4.98 Å². The molecule has 0 atom stereocenters. The van der Waals surface area contributed by atoms with Gasteiger partial charge in [-0.3, -0.25) is 4.57 Å². The van der Waals surface area contributed by atoms with Gasteiger partial charge in [0.25, 0.3) is 0 Å². The Morgan fingerprint density at radius 2 is 1.09 bits per heavy atom. The fraction of sp³-hybridized carbons (Fsp3) is 0.243. The lowest BCUT2D eigenvalue weighted by Crippen LogP contribution is -2.25. The van der Waals surface area contributed by atoms with Crippen LogP contribution in [0.15, 0.2) is 194 Å². The number of aromatic nitrogens is 2. The maximum atomic E-state index is 9.87. The zero-order valence-corrected chi connectivity index (χ0v) is 45.6. The zero-order chi connectivity index (χ0) is 56.1. The summed E-state index contributed by atoms with van der Waals surface area (Å²) in [5.41, 5.74) is 14.2. The number of fused-ring (bicyclic) bond motifs is 4. The molecule has 3 heterocycles. The SMILES string of the molecule is [2H]c1c([2H])c(-c2cccc(-c3ccc(-c4ccc(C(C)(C)C)cc4)c(C(C)(C)C)c3)c2N2CN(c3cccc(Oc4ccc5c6ccccc6n(-c6ccc(C(C)(C)C)cn6)c5c4)c3)c3ccccc32)c([2H])c(C(C)(C)C)c1[2H]. The van der Waals surface area contributed by atoms with Crippen molar-refractivity contribution < 1.29 is 10.2 Å². The van der Waals surface area contributed by atoms with Gasteiger partial charge in [0, 0.05) is 45.9 Å². The van der Waals surface area contributed by atoms with E-state index < -0.39 is 5.41 Å². The van der Waals surface area contributed by atoms with Crippen LogP contribution in [0.4, 0.5) is 22.7 Å². The van der Waals surface area contributed by atoms with Crippen molar-refractivity contribution in [2.45, 2.75) is 105 Å². The minimum Gasteiger partial charge on any atom is -0.457 e. The molecule has 5 nitrogen and oxygen atoms in total. The van der Waals surface area contributed by atoms with Gasteiger partial charge in [0.15, 0.2) is 0 Å². The van der Waals surface area contributed by atoms with Crippen molar-refractivity contribution in [3.05, 3.63) is 216 Å². The lowest BCUT2D eigenvalue weighted by molar-refractivity contribution is 0.483. The van der Waals surface area contributed by atoms with Crippen LogP contribution in [0.3, 0.4) is 0 Å². The van der Waals surface area contributed by atoms with Gasteiger partial charge in [0.2, 0.25) is 0 Å². The van der Waals surface area contributed by atoms with E-state index in [4.69, 9.17) is 11.1 Å². The number of hydrogen-bond acceptors (Lipinski definition) is 4.